The summed E-state index contributed by atoms with van der Waals surface area (Å²) in [7, 11) is 1.60. The molecule has 0 aliphatic rings. The number of hydroxylamine groups is 1. The second kappa shape index (κ2) is 7.70. The molecule has 0 unspecified atom stereocenters. The van der Waals surface area contributed by atoms with E-state index in [-0.39, 0.29) is 5.82 Å². The fourth-order valence-corrected chi connectivity index (χ4v) is 2.46. The number of anilines is 1. The Kier molecular flexibility index (Phi) is 5.18. The van der Waals surface area contributed by atoms with Crippen LogP contribution in [0.2, 0.25) is 0 Å². The first-order chi connectivity index (χ1) is 12.2. The van der Waals surface area contributed by atoms with E-state index in [0.29, 0.717) is 23.7 Å². The zero-order chi connectivity index (χ0) is 17.6. The van der Waals surface area contributed by atoms with Crippen LogP contribution in [0.4, 0.5) is 10.1 Å². The lowest BCUT2D eigenvalue weighted by Crippen LogP contribution is -2.27. The fourth-order valence-electron chi connectivity index (χ4n) is 2.46. The van der Waals surface area contributed by atoms with Crippen molar-refractivity contribution >= 4 is 5.69 Å². The number of aryl methyl sites for hydroxylation is 1. The lowest BCUT2D eigenvalue weighted by Gasteiger charge is -2.25. The van der Waals surface area contributed by atoms with E-state index >= 15 is 0 Å². The molecule has 0 saturated carbocycles. The number of methoxy groups -OCH3 is 1. The maximum atomic E-state index is 13.7. The molecule has 0 aliphatic heterocycles. The van der Waals surface area contributed by atoms with Crippen molar-refractivity contribution in [3.63, 3.8) is 0 Å². The molecular formula is C19H20FN3O2. The van der Waals surface area contributed by atoms with E-state index in [1.807, 2.05) is 18.2 Å². The van der Waals surface area contributed by atoms with Gasteiger partial charge >= 0.3 is 0 Å². The van der Waals surface area contributed by atoms with E-state index in [4.69, 9.17) is 9.57 Å². The van der Waals surface area contributed by atoms with Gasteiger partial charge in [-0.05, 0) is 36.2 Å². The van der Waals surface area contributed by atoms with E-state index < -0.39 is 0 Å². The minimum Gasteiger partial charge on any atom is -0.493 e. The summed E-state index contributed by atoms with van der Waals surface area (Å²) in [5.41, 5.74) is 2.58. The van der Waals surface area contributed by atoms with Crippen LogP contribution in [-0.2, 0) is 13.0 Å². The first-order valence-electron chi connectivity index (χ1n) is 8.05. The van der Waals surface area contributed by atoms with Crippen LogP contribution in [0.1, 0.15) is 18.2 Å². The van der Waals surface area contributed by atoms with Gasteiger partial charge in [-0.25, -0.2) is 14.4 Å². The van der Waals surface area contributed by atoms with Crippen LogP contribution in [-0.4, -0.2) is 17.1 Å². The summed E-state index contributed by atoms with van der Waals surface area (Å²) in [6.07, 6.45) is 4.20. The van der Waals surface area contributed by atoms with Crippen molar-refractivity contribution in [3.8, 4) is 11.5 Å². The molecule has 0 bridgehead atoms. The first kappa shape index (κ1) is 16.8. The summed E-state index contributed by atoms with van der Waals surface area (Å²) in [5.74, 6) is 0.859. The summed E-state index contributed by atoms with van der Waals surface area (Å²) in [5, 5.41) is 1.60. The molecule has 3 aromatic rings. The van der Waals surface area contributed by atoms with E-state index in [2.05, 4.69) is 16.9 Å². The van der Waals surface area contributed by atoms with Crippen molar-refractivity contribution < 1.29 is 14.0 Å². The van der Waals surface area contributed by atoms with Gasteiger partial charge < -0.3 is 14.6 Å². The van der Waals surface area contributed by atoms with Crippen LogP contribution in [0.25, 0.3) is 0 Å². The highest BCUT2D eigenvalue weighted by Crippen LogP contribution is 2.31. The number of nitrogens with one attached hydrogen (secondary N) is 1. The molecule has 6 heteroatoms. The van der Waals surface area contributed by atoms with Crippen LogP contribution < -0.4 is 14.6 Å². The molecule has 0 spiro atoms. The number of rotatable bonds is 7. The Balaban J connectivity index is 1.92. The van der Waals surface area contributed by atoms with Gasteiger partial charge in [-0.15, -0.1) is 0 Å². The highest BCUT2D eigenvalue weighted by Gasteiger charge is 2.15. The molecule has 0 aliphatic carbocycles. The van der Waals surface area contributed by atoms with Gasteiger partial charge in [0.15, 0.2) is 11.5 Å². The number of hydrogen-bond acceptors (Lipinski definition) is 4. The predicted molar refractivity (Wildman–Crippen MR) is 94.2 cm³/mol. The summed E-state index contributed by atoms with van der Waals surface area (Å²) in [6, 6.07) is 12.0. The molecule has 1 aromatic heterocycles. The molecule has 130 valence electrons. The monoisotopic (exact) mass is 341 g/mol. The van der Waals surface area contributed by atoms with Crippen LogP contribution in [0, 0.1) is 5.82 Å². The molecule has 0 atom stereocenters. The van der Waals surface area contributed by atoms with E-state index in [0.717, 1.165) is 17.7 Å². The highest BCUT2D eigenvalue weighted by atomic mass is 19.1. The number of ether oxygens (including phenoxy) is 1. The first-order valence-corrected chi connectivity index (χ1v) is 8.05. The van der Waals surface area contributed by atoms with Crippen LogP contribution >= 0.6 is 0 Å². The Labute approximate surface area is 146 Å². The van der Waals surface area contributed by atoms with Crippen molar-refractivity contribution in [1.82, 2.24) is 9.97 Å². The Bertz CT molecular complexity index is 821. The maximum Gasteiger partial charge on any atom is 0.197 e. The molecule has 1 N–H and O–H groups in total. The number of H-pyrrole nitrogens is 1. The SMILES string of the molecule is CCc1ccc(ON(Cc2cnc[nH]2)c2cccc(F)c2)c(OC)c1. The van der Waals surface area contributed by atoms with Crippen molar-refractivity contribution in [2.75, 3.05) is 12.2 Å². The normalized spacial score (nSPS) is 10.5. The van der Waals surface area contributed by atoms with Crippen molar-refractivity contribution in [3.05, 3.63) is 72.1 Å². The number of aromatic nitrogens is 2. The van der Waals surface area contributed by atoms with E-state index in [9.17, 15) is 4.39 Å². The second-order valence-electron chi connectivity index (χ2n) is 5.52. The predicted octanol–water partition coefficient (Wildman–Crippen LogP) is 4.12. The van der Waals surface area contributed by atoms with Crippen molar-refractivity contribution in [1.29, 1.82) is 0 Å². The fraction of sp³-hybridized carbons (Fsp3) is 0.211. The summed E-state index contributed by atoms with van der Waals surface area (Å²) in [4.78, 5) is 13.1. The summed E-state index contributed by atoms with van der Waals surface area (Å²) < 4.78 is 19.1. The Morgan fingerprint density at radius 2 is 2.04 bits per heavy atom. The number of benzene rings is 2. The quantitative estimate of drug-likeness (QED) is 0.657. The van der Waals surface area contributed by atoms with Gasteiger partial charge in [-0.2, -0.15) is 0 Å². The zero-order valence-corrected chi connectivity index (χ0v) is 14.2. The minimum absolute atomic E-state index is 0.330. The van der Waals surface area contributed by atoms with Gasteiger partial charge in [0.1, 0.15) is 5.82 Å². The number of hydrogen-bond donors (Lipinski definition) is 1. The van der Waals surface area contributed by atoms with Crippen molar-refractivity contribution in [2.45, 2.75) is 19.9 Å². The molecule has 0 radical (unpaired) electrons. The molecule has 3 rings (SSSR count). The number of halogens is 1. The molecule has 25 heavy (non-hydrogen) atoms. The second-order valence-corrected chi connectivity index (χ2v) is 5.52. The summed E-state index contributed by atoms with van der Waals surface area (Å²) >= 11 is 0. The van der Waals surface area contributed by atoms with Crippen LogP contribution in [0.15, 0.2) is 55.0 Å². The highest BCUT2D eigenvalue weighted by molar-refractivity contribution is 5.48. The molecule has 0 saturated heterocycles. The Morgan fingerprint density at radius 1 is 1.16 bits per heavy atom. The number of aromatic amines is 1. The molecule has 0 fully saturated rings. The smallest absolute Gasteiger partial charge is 0.197 e. The third-order valence-electron chi connectivity index (χ3n) is 3.81. The van der Waals surface area contributed by atoms with E-state index in [1.165, 1.54) is 12.1 Å². The number of imidazole rings is 1. The van der Waals surface area contributed by atoms with Crippen molar-refractivity contribution in [2.24, 2.45) is 0 Å². The standard InChI is InChI=1S/C19H20FN3O2/c1-3-14-7-8-18(19(9-14)24-2)25-23(12-16-11-21-13-22-16)17-6-4-5-15(20)10-17/h4-11,13H,3,12H2,1-2H3,(H,21,22). The van der Waals surface area contributed by atoms with Gasteiger partial charge in [-0.3, -0.25) is 0 Å². The van der Waals surface area contributed by atoms with Gasteiger partial charge in [0, 0.05) is 12.3 Å². The van der Waals surface area contributed by atoms with Gasteiger partial charge in [0.2, 0.25) is 0 Å². The van der Waals surface area contributed by atoms with Gasteiger partial charge in [0.05, 0.1) is 31.4 Å². The Hall–Kier alpha value is -3.02. The summed E-state index contributed by atoms with van der Waals surface area (Å²) in [6.45, 7) is 2.45. The molecule has 5 nitrogen and oxygen atoms in total. The molecule has 2 aromatic carbocycles. The molecular weight excluding hydrogens is 321 g/mol. The maximum absolute atomic E-state index is 13.7. The Morgan fingerprint density at radius 3 is 2.72 bits per heavy atom. The van der Waals surface area contributed by atoms with Gasteiger partial charge in [-0.1, -0.05) is 19.1 Å². The zero-order valence-electron chi connectivity index (χ0n) is 14.2. The van der Waals surface area contributed by atoms with Crippen LogP contribution in [0.5, 0.6) is 11.5 Å². The third-order valence-corrected chi connectivity index (χ3v) is 3.81. The topological polar surface area (TPSA) is 50.4 Å². The minimum atomic E-state index is -0.330. The number of nitrogens with zero attached hydrogens (tertiary/aromatic N) is 2. The van der Waals surface area contributed by atoms with Crippen LogP contribution in [0.3, 0.4) is 0 Å². The lowest BCUT2D eigenvalue weighted by molar-refractivity contribution is 0.257. The van der Waals surface area contributed by atoms with E-state index in [1.54, 1.807) is 36.8 Å². The average Bonchev–Trinajstić information content (AvgIpc) is 3.14. The molecule has 0 amide bonds. The largest absolute Gasteiger partial charge is 0.493 e. The lowest BCUT2D eigenvalue weighted by atomic mass is 10.1. The third kappa shape index (κ3) is 4.09. The molecule has 1 heterocycles. The average molecular weight is 341 g/mol. The van der Waals surface area contributed by atoms with Gasteiger partial charge in [0.25, 0.3) is 0 Å².